The summed E-state index contributed by atoms with van der Waals surface area (Å²) < 4.78 is 5.96. The summed E-state index contributed by atoms with van der Waals surface area (Å²) >= 11 is 0. The highest BCUT2D eigenvalue weighted by molar-refractivity contribution is 4.92. The molecule has 0 bridgehead atoms. The summed E-state index contributed by atoms with van der Waals surface area (Å²) in [5, 5.41) is 0. The van der Waals surface area contributed by atoms with E-state index >= 15 is 0 Å². The third-order valence-electron chi connectivity index (χ3n) is 3.17. The van der Waals surface area contributed by atoms with Gasteiger partial charge in [0, 0.05) is 19.6 Å². The van der Waals surface area contributed by atoms with Crippen LogP contribution in [0.15, 0.2) is 0 Å². The standard InChI is InChI=1S/C10H20N2O/c1-11-5-3-4-10(8-11)9-12(2)6-7-13-10/h3-9H2,1-2H3. The lowest BCUT2D eigenvalue weighted by Crippen LogP contribution is -2.58. The minimum atomic E-state index is 0.153. The Morgan fingerprint density at radius 1 is 1.08 bits per heavy atom. The quantitative estimate of drug-likeness (QED) is 0.542. The second-order valence-corrected chi connectivity index (χ2v) is 4.61. The molecule has 0 aliphatic carbocycles. The van der Waals surface area contributed by atoms with E-state index < -0.39 is 0 Å². The maximum absolute atomic E-state index is 5.96. The van der Waals surface area contributed by atoms with E-state index in [1.165, 1.54) is 19.4 Å². The van der Waals surface area contributed by atoms with Crippen LogP contribution in [0.4, 0.5) is 0 Å². The van der Waals surface area contributed by atoms with Gasteiger partial charge >= 0.3 is 0 Å². The molecular weight excluding hydrogens is 164 g/mol. The first-order valence-electron chi connectivity index (χ1n) is 5.21. The molecule has 2 saturated heterocycles. The molecule has 0 amide bonds. The van der Waals surface area contributed by atoms with Crippen molar-refractivity contribution in [3.05, 3.63) is 0 Å². The van der Waals surface area contributed by atoms with Crippen LogP contribution in [0, 0.1) is 0 Å². The minimum absolute atomic E-state index is 0.153. The number of nitrogens with zero attached hydrogens (tertiary/aromatic N) is 2. The lowest BCUT2D eigenvalue weighted by atomic mass is 9.91. The number of morpholine rings is 1. The number of likely N-dealkylation sites (N-methyl/N-ethyl adjacent to an activating group) is 2. The average Bonchev–Trinajstić information content (AvgIpc) is 2.02. The number of hydrogen-bond donors (Lipinski definition) is 0. The summed E-state index contributed by atoms with van der Waals surface area (Å²) in [6, 6.07) is 0. The van der Waals surface area contributed by atoms with Crippen molar-refractivity contribution in [1.82, 2.24) is 9.80 Å². The second kappa shape index (κ2) is 3.56. The molecule has 0 radical (unpaired) electrons. The Morgan fingerprint density at radius 3 is 2.38 bits per heavy atom. The van der Waals surface area contributed by atoms with E-state index in [1.54, 1.807) is 0 Å². The van der Waals surface area contributed by atoms with Crippen LogP contribution in [0.25, 0.3) is 0 Å². The Balaban J connectivity index is 2.00. The summed E-state index contributed by atoms with van der Waals surface area (Å²) in [5.41, 5.74) is 0.153. The largest absolute Gasteiger partial charge is 0.371 e. The summed E-state index contributed by atoms with van der Waals surface area (Å²) in [7, 11) is 4.39. The monoisotopic (exact) mass is 184 g/mol. The van der Waals surface area contributed by atoms with Crippen LogP contribution in [-0.4, -0.2) is 62.3 Å². The molecule has 0 aromatic rings. The first-order valence-corrected chi connectivity index (χ1v) is 5.21. The molecule has 1 spiro atoms. The van der Waals surface area contributed by atoms with Gasteiger partial charge in [-0.1, -0.05) is 0 Å². The Hall–Kier alpha value is -0.120. The van der Waals surface area contributed by atoms with Crippen molar-refractivity contribution in [3.8, 4) is 0 Å². The maximum atomic E-state index is 5.96. The molecule has 0 N–H and O–H groups in total. The van der Waals surface area contributed by atoms with E-state index in [-0.39, 0.29) is 5.60 Å². The van der Waals surface area contributed by atoms with Crippen LogP contribution < -0.4 is 0 Å². The van der Waals surface area contributed by atoms with E-state index in [0.717, 1.165) is 26.2 Å². The number of piperidine rings is 1. The molecule has 3 nitrogen and oxygen atoms in total. The summed E-state index contributed by atoms with van der Waals surface area (Å²) in [5.74, 6) is 0. The van der Waals surface area contributed by atoms with Gasteiger partial charge in [-0.2, -0.15) is 0 Å². The van der Waals surface area contributed by atoms with Gasteiger partial charge in [-0.25, -0.2) is 0 Å². The molecule has 2 rings (SSSR count). The van der Waals surface area contributed by atoms with Crippen LogP contribution in [0.3, 0.4) is 0 Å². The molecular formula is C10H20N2O. The Labute approximate surface area is 80.6 Å². The van der Waals surface area contributed by atoms with Crippen LogP contribution in [0.2, 0.25) is 0 Å². The van der Waals surface area contributed by atoms with Gasteiger partial charge in [0.1, 0.15) is 0 Å². The van der Waals surface area contributed by atoms with E-state index in [1.807, 2.05) is 0 Å². The van der Waals surface area contributed by atoms with Crippen LogP contribution in [-0.2, 0) is 4.74 Å². The molecule has 13 heavy (non-hydrogen) atoms. The third kappa shape index (κ3) is 2.03. The normalized spacial score (nSPS) is 38.3. The average molecular weight is 184 g/mol. The van der Waals surface area contributed by atoms with Gasteiger partial charge in [0.25, 0.3) is 0 Å². The smallest absolute Gasteiger partial charge is 0.0935 e. The lowest BCUT2D eigenvalue weighted by Gasteiger charge is -2.46. The Bertz CT molecular complexity index is 164. The Kier molecular flexibility index (Phi) is 2.58. The zero-order valence-corrected chi connectivity index (χ0v) is 8.75. The number of likely N-dealkylation sites (tertiary alicyclic amines) is 1. The number of hydrogen-bond acceptors (Lipinski definition) is 3. The van der Waals surface area contributed by atoms with Crippen LogP contribution >= 0.6 is 0 Å². The summed E-state index contributed by atoms with van der Waals surface area (Å²) in [6.45, 7) is 5.44. The molecule has 2 fully saturated rings. The topological polar surface area (TPSA) is 15.7 Å². The fourth-order valence-electron chi connectivity index (χ4n) is 2.60. The molecule has 3 heteroatoms. The first kappa shape index (κ1) is 9.44. The highest BCUT2D eigenvalue weighted by atomic mass is 16.5. The van der Waals surface area contributed by atoms with Crippen molar-refractivity contribution in [2.24, 2.45) is 0 Å². The number of rotatable bonds is 0. The molecule has 0 aromatic heterocycles. The zero-order valence-electron chi connectivity index (χ0n) is 8.75. The van der Waals surface area contributed by atoms with Crippen molar-refractivity contribution in [3.63, 3.8) is 0 Å². The Morgan fingerprint density at radius 2 is 1.77 bits per heavy atom. The van der Waals surface area contributed by atoms with Gasteiger partial charge in [0.15, 0.2) is 0 Å². The molecule has 0 aromatic carbocycles. The molecule has 2 heterocycles. The van der Waals surface area contributed by atoms with Crippen molar-refractivity contribution in [1.29, 1.82) is 0 Å². The fraction of sp³-hybridized carbons (Fsp3) is 1.00. The van der Waals surface area contributed by atoms with Gasteiger partial charge in [-0.15, -0.1) is 0 Å². The molecule has 2 aliphatic heterocycles. The van der Waals surface area contributed by atoms with E-state index in [9.17, 15) is 0 Å². The van der Waals surface area contributed by atoms with E-state index in [2.05, 4.69) is 23.9 Å². The molecule has 2 aliphatic rings. The highest BCUT2D eigenvalue weighted by Crippen LogP contribution is 2.27. The van der Waals surface area contributed by atoms with Gasteiger partial charge in [-0.05, 0) is 33.5 Å². The van der Waals surface area contributed by atoms with E-state index in [4.69, 9.17) is 4.74 Å². The van der Waals surface area contributed by atoms with Gasteiger partial charge in [0.2, 0.25) is 0 Å². The molecule has 0 saturated carbocycles. The van der Waals surface area contributed by atoms with Gasteiger partial charge in [0.05, 0.1) is 12.2 Å². The van der Waals surface area contributed by atoms with Crippen molar-refractivity contribution in [2.45, 2.75) is 18.4 Å². The molecule has 76 valence electrons. The SMILES string of the molecule is CN1CCCC2(C1)CN(C)CCO2. The predicted molar refractivity (Wildman–Crippen MR) is 52.9 cm³/mol. The summed E-state index contributed by atoms with van der Waals surface area (Å²) in [4.78, 5) is 4.78. The van der Waals surface area contributed by atoms with Crippen molar-refractivity contribution in [2.75, 3.05) is 46.9 Å². The van der Waals surface area contributed by atoms with Crippen molar-refractivity contribution >= 4 is 0 Å². The highest BCUT2D eigenvalue weighted by Gasteiger charge is 2.38. The molecule has 1 unspecified atom stereocenters. The molecule has 1 atom stereocenters. The minimum Gasteiger partial charge on any atom is -0.371 e. The van der Waals surface area contributed by atoms with Crippen LogP contribution in [0.5, 0.6) is 0 Å². The first-order chi connectivity index (χ1) is 6.20. The zero-order chi connectivity index (χ0) is 9.31. The predicted octanol–water partition coefficient (Wildman–Crippen LogP) is 0.413. The van der Waals surface area contributed by atoms with Gasteiger partial charge < -0.3 is 14.5 Å². The van der Waals surface area contributed by atoms with E-state index in [0.29, 0.717) is 0 Å². The fourth-order valence-corrected chi connectivity index (χ4v) is 2.60. The second-order valence-electron chi connectivity index (χ2n) is 4.61. The maximum Gasteiger partial charge on any atom is 0.0935 e. The van der Waals surface area contributed by atoms with Gasteiger partial charge in [-0.3, -0.25) is 0 Å². The third-order valence-corrected chi connectivity index (χ3v) is 3.17. The summed E-state index contributed by atoms with van der Waals surface area (Å²) in [6.07, 6.45) is 2.52. The number of ether oxygens (including phenoxy) is 1. The van der Waals surface area contributed by atoms with Crippen molar-refractivity contribution < 1.29 is 4.74 Å². The van der Waals surface area contributed by atoms with Crippen LogP contribution in [0.1, 0.15) is 12.8 Å². The lowest BCUT2D eigenvalue weighted by molar-refractivity contribution is -0.131.